The Morgan fingerprint density at radius 2 is 2.00 bits per heavy atom. The number of benzene rings is 2. The smallest absolute Gasteiger partial charge is 0.337 e. The Bertz CT molecular complexity index is 1470. The number of carbonyl (C=O) groups is 2. The summed E-state index contributed by atoms with van der Waals surface area (Å²) in [6, 6.07) is 11.7. The number of carbonyl (C=O) groups excluding carboxylic acids is 2. The molecule has 2 aliphatic carbocycles. The lowest BCUT2D eigenvalue weighted by atomic mass is 9.69. The van der Waals surface area contributed by atoms with Crippen LogP contribution in [0.4, 0.5) is 5.69 Å². The summed E-state index contributed by atoms with van der Waals surface area (Å²) >= 11 is 6.39. The standard InChI is InChI=1S/C31H41ClN3O6PS/c1-40-30(37)22-9-12-28-27(16-22)34(19-31(20-41-28)13-3-5-21-15-25(32)10-11-26(21)31)17-23-7-8-24(23)18-35(42-2)29(36)6-4-14-43(33,38)39/h9-12,15-16,23-24,42H,3-8,13-14,17-20H2,1-2H3,(H2,33,38,39)/t23-,24-,31-/m0/s1. The fraction of sp³-hybridized carbons (Fsp3) is 0.548. The summed E-state index contributed by atoms with van der Waals surface area (Å²) in [4.78, 5) is 27.8. The van der Waals surface area contributed by atoms with E-state index in [0.29, 0.717) is 39.3 Å². The Hall–Kier alpha value is -2.39. The number of nitrogens with zero attached hydrogens (tertiary/aromatic N) is 2. The molecule has 9 nitrogen and oxygen atoms in total. The van der Waals surface area contributed by atoms with Gasteiger partial charge in [-0.2, -0.15) is 0 Å². The van der Waals surface area contributed by atoms with Crippen molar-refractivity contribution >= 4 is 47.9 Å². The third kappa shape index (κ3) is 7.30. The average Bonchev–Trinajstić information content (AvgIpc) is 3.11. The zero-order chi connectivity index (χ0) is 30.8. The second kappa shape index (κ2) is 13.3. The number of hydrogen-bond donors (Lipinski definition) is 1. The second-order valence-electron chi connectivity index (χ2n) is 12.1. The van der Waals surface area contributed by atoms with Crippen LogP contribution in [-0.4, -0.2) is 70.7 Å². The van der Waals surface area contributed by atoms with E-state index in [1.54, 1.807) is 6.07 Å². The predicted octanol–water partition coefficient (Wildman–Crippen LogP) is 4.75. The highest BCUT2D eigenvalue weighted by atomic mass is 35.5. The number of methoxy groups -OCH3 is 1. The highest BCUT2D eigenvalue weighted by molar-refractivity contribution is 7.89. The highest BCUT2D eigenvalue weighted by Gasteiger charge is 2.43. The number of sulfonamides is 1. The fourth-order valence-corrected chi connectivity index (χ4v) is 8.39. The van der Waals surface area contributed by atoms with Gasteiger partial charge in [-0.05, 0) is 107 Å². The molecule has 0 bridgehead atoms. The summed E-state index contributed by atoms with van der Waals surface area (Å²) in [5, 5.41) is 5.86. The van der Waals surface area contributed by atoms with Gasteiger partial charge in [-0.1, -0.05) is 17.7 Å². The number of rotatable bonds is 10. The maximum Gasteiger partial charge on any atom is 0.337 e. The Kier molecular flexibility index (Phi) is 9.91. The summed E-state index contributed by atoms with van der Waals surface area (Å²) in [6.07, 6.45) is 5.50. The molecule has 1 aliphatic heterocycles. The number of hydrogen-bond acceptors (Lipinski definition) is 7. The van der Waals surface area contributed by atoms with Crippen LogP contribution in [0.5, 0.6) is 5.75 Å². The number of fused-ring (bicyclic) bond motifs is 3. The molecule has 1 unspecified atom stereocenters. The van der Waals surface area contributed by atoms with Crippen molar-refractivity contribution in [3.05, 3.63) is 58.1 Å². The molecule has 1 spiro atoms. The molecule has 1 saturated carbocycles. The number of anilines is 1. The normalized spacial score (nSPS) is 23.2. The van der Waals surface area contributed by atoms with Crippen LogP contribution in [0.1, 0.15) is 60.0 Å². The maximum absolute atomic E-state index is 12.9. The first-order chi connectivity index (χ1) is 20.5. The monoisotopic (exact) mass is 649 g/mol. The number of nitrogens with two attached hydrogens (primary N) is 1. The first-order valence-corrected chi connectivity index (χ1v) is 18.4. The molecule has 12 heteroatoms. The zero-order valence-electron chi connectivity index (χ0n) is 24.8. The van der Waals surface area contributed by atoms with Crippen molar-refractivity contribution in [3.63, 3.8) is 0 Å². The third-order valence-corrected chi connectivity index (χ3v) is 11.4. The number of amides is 1. The lowest BCUT2D eigenvalue weighted by Gasteiger charge is -2.45. The van der Waals surface area contributed by atoms with Gasteiger partial charge in [0.05, 0.1) is 30.7 Å². The molecule has 234 valence electrons. The number of aryl methyl sites for hydroxylation is 1. The van der Waals surface area contributed by atoms with Crippen molar-refractivity contribution in [2.75, 3.05) is 50.7 Å². The molecule has 1 fully saturated rings. The first kappa shape index (κ1) is 32.0. The van der Waals surface area contributed by atoms with Crippen LogP contribution in [0, 0.1) is 11.8 Å². The molecule has 0 saturated heterocycles. The Morgan fingerprint density at radius 1 is 1.21 bits per heavy atom. The van der Waals surface area contributed by atoms with Crippen molar-refractivity contribution in [1.29, 1.82) is 0 Å². The second-order valence-corrected chi connectivity index (χ2v) is 15.2. The third-order valence-electron chi connectivity index (χ3n) is 9.30. The van der Waals surface area contributed by atoms with Gasteiger partial charge >= 0.3 is 5.97 Å². The predicted molar refractivity (Wildman–Crippen MR) is 171 cm³/mol. The summed E-state index contributed by atoms with van der Waals surface area (Å²) in [6.45, 7) is 4.69. The van der Waals surface area contributed by atoms with Gasteiger partial charge in [0.1, 0.15) is 5.75 Å². The van der Waals surface area contributed by atoms with Gasteiger partial charge < -0.3 is 19.0 Å². The number of primary sulfonamides is 1. The zero-order valence-corrected chi connectivity index (χ0v) is 27.4. The topological polar surface area (TPSA) is 119 Å². The Labute approximate surface area is 261 Å². The van der Waals surface area contributed by atoms with Gasteiger partial charge in [-0.15, -0.1) is 0 Å². The summed E-state index contributed by atoms with van der Waals surface area (Å²) in [5.41, 5.74) is 3.70. The van der Waals surface area contributed by atoms with Gasteiger partial charge in [0.2, 0.25) is 15.9 Å². The minimum atomic E-state index is -3.58. The van der Waals surface area contributed by atoms with Crippen molar-refractivity contribution < 1.29 is 27.5 Å². The molecule has 0 aromatic heterocycles. The van der Waals surface area contributed by atoms with E-state index in [-0.39, 0.29) is 35.9 Å². The first-order valence-electron chi connectivity index (χ1n) is 14.9. The van der Waals surface area contributed by atoms with Crippen LogP contribution >= 0.6 is 20.3 Å². The molecule has 2 N–H and O–H groups in total. The maximum atomic E-state index is 12.9. The molecule has 5 rings (SSSR count). The van der Waals surface area contributed by atoms with E-state index in [9.17, 15) is 18.0 Å². The molecule has 1 amide bonds. The van der Waals surface area contributed by atoms with Crippen LogP contribution in [0.15, 0.2) is 36.4 Å². The largest absolute Gasteiger partial charge is 0.490 e. The summed E-state index contributed by atoms with van der Waals surface area (Å²) in [5.74, 6) is 0.841. The summed E-state index contributed by atoms with van der Waals surface area (Å²) in [7, 11) is -1.90. The lowest BCUT2D eigenvalue weighted by molar-refractivity contribution is -0.127. The molecule has 0 radical (unpaired) electrons. The Balaban J connectivity index is 1.39. The number of esters is 1. The van der Waals surface area contributed by atoms with Crippen molar-refractivity contribution in [2.45, 2.75) is 50.4 Å². The van der Waals surface area contributed by atoms with Crippen molar-refractivity contribution in [3.8, 4) is 5.75 Å². The van der Waals surface area contributed by atoms with Crippen molar-refractivity contribution in [1.82, 2.24) is 4.67 Å². The highest BCUT2D eigenvalue weighted by Crippen LogP contribution is 2.46. The van der Waals surface area contributed by atoms with Gasteiger partial charge in [-0.25, -0.2) is 18.4 Å². The fourth-order valence-electron chi connectivity index (χ4n) is 6.87. The van der Waals surface area contributed by atoms with Gasteiger partial charge in [-0.3, -0.25) is 4.79 Å². The minimum absolute atomic E-state index is 0.0252. The quantitative estimate of drug-likeness (QED) is 0.292. The average molecular weight is 650 g/mol. The van der Waals surface area contributed by atoms with E-state index in [2.05, 4.69) is 17.0 Å². The van der Waals surface area contributed by atoms with Gasteiger partial charge in [0, 0.05) is 36.5 Å². The van der Waals surface area contributed by atoms with Crippen LogP contribution in [0.2, 0.25) is 5.02 Å². The van der Waals surface area contributed by atoms with Crippen LogP contribution < -0.4 is 14.8 Å². The molecular formula is C31H41ClN3O6PS. The summed E-state index contributed by atoms with van der Waals surface area (Å²) < 4.78 is 36.1. The van der Waals surface area contributed by atoms with E-state index in [1.165, 1.54) is 18.2 Å². The minimum Gasteiger partial charge on any atom is -0.490 e. The number of ether oxygens (including phenoxy) is 2. The van der Waals surface area contributed by atoms with Crippen molar-refractivity contribution in [2.24, 2.45) is 17.0 Å². The molecule has 4 atom stereocenters. The van der Waals surface area contributed by atoms with E-state index >= 15 is 0 Å². The van der Waals surface area contributed by atoms with Crippen LogP contribution in [-0.2, 0) is 31.4 Å². The van der Waals surface area contributed by atoms with E-state index in [4.69, 9.17) is 26.2 Å². The van der Waals surface area contributed by atoms with E-state index < -0.39 is 10.0 Å². The molecule has 2 aromatic carbocycles. The molecule has 2 aromatic rings. The van der Waals surface area contributed by atoms with E-state index in [1.807, 2.05) is 29.5 Å². The SMILES string of the molecule is COC(=O)c1ccc2c(c1)N(C[C@@H]1CC[C@H]1CN(PC)C(=O)CCCS(N)(=O)=O)C[C@@]1(CCCc3cc(Cl)ccc31)CO2. The number of halogens is 1. The Morgan fingerprint density at radius 3 is 2.70 bits per heavy atom. The molecular weight excluding hydrogens is 609 g/mol. The van der Waals surface area contributed by atoms with Gasteiger partial charge in [0.15, 0.2) is 0 Å². The van der Waals surface area contributed by atoms with Crippen LogP contribution in [0.3, 0.4) is 0 Å². The van der Waals surface area contributed by atoms with E-state index in [0.717, 1.165) is 61.7 Å². The molecule has 1 heterocycles. The van der Waals surface area contributed by atoms with Gasteiger partial charge in [0.25, 0.3) is 0 Å². The lowest BCUT2D eigenvalue weighted by Crippen LogP contribution is -2.49. The molecule has 43 heavy (non-hydrogen) atoms. The van der Waals surface area contributed by atoms with Crippen LogP contribution in [0.25, 0.3) is 0 Å². The molecule has 3 aliphatic rings.